The average Bonchev–Trinajstić information content (AvgIpc) is 2.38. The van der Waals surface area contributed by atoms with Gasteiger partial charge in [-0.15, -0.1) is 13.2 Å². The van der Waals surface area contributed by atoms with Crippen LogP contribution >= 0.6 is 0 Å². The highest BCUT2D eigenvalue weighted by Gasteiger charge is 2.31. The number of halogens is 3. The van der Waals surface area contributed by atoms with Gasteiger partial charge in [-0.2, -0.15) is 0 Å². The number of aromatic hydroxyl groups is 1. The SMILES string of the molecule is O=c1[nH]cnc(O)c1NCc1ccccc1OC(F)(F)F. The van der Waals surface area contributed by atoms with E-state index >= 15 is 0 Å². The summed E-state index contributed by atoms with van der Waals surface area (Å²) in [5.41, 5.74) is -0.714. The van der Waals surface area contributed by atoms with Crippen molar-refractivity contribution in [2.45, 2.75) is 12.9 Å². The second-order valence-electron chi connectivity index (χ2n) is 3.94. The number of aromatic amines is 1. The molecular weight excluding hydrogens is 291 g/mol. The van der Waals surface area contributed by atoms with E-state index in [2.05, 4.69) is 20.0 Å². The summed E-state index contributed by atoms with van der Waals surface area (Å²) >= 11 is 0. The van der Waals surface area contributed by atoms with E-state index in [9.17, 15) is 23.1 Å². The third-order valence-corrected chi connectivity index (χ3v) is 2.49. The lowest BCUT2D eigenvalue weighted by molar-refractivity contribution is -0.274. The Morgan fingerprint density at radius 1 is 1.33 bits per heavy atom. The van der Waals surface area contributed by atoms with Gasteiger partial charge in [0.15, 0.2) is 5.69 Å². The van der Waals surface area contributed by atoms with E-state index in [0.29, 0.717) is 0 Å². The van der Waals surface area contributed by atoms with E-state index in [0.717, 1.165) is 12.4 Å². The minimum Gasteiger partial charge on any atom is -0.492 e. The average molecular weight is 301 g/mol. The highest BCUT2D eigenvalue weighted by Crippen LogP contribution is 2.27. The Kier molecular flexibility index (Phi) is 4.01. The predicted molar refractivity (Wildman–Crippen MR) is 67.0 cm³/mol. The van der Waals surface area contributed by atoms with E-state index in [1.165, 1.54) is 18.2 Å². The van der Waals surface area contributed by atoms with Gasteiger partial charge < -0.3 is 20.1 Å². The van der Waals surface area contributed by atoms with Gasteiger partial charge in [0.25, 0.3) is 5.56 Å². The largest absolute Gasteiger partial charge is 0.573 e. The Hall–Kier alpha value is -2.71. The first-order valence-corrected chi connectivity index (χ1v) is 5.71. The monoisotopic (exact) mass is 301 g/mol. The molecule has 9 heteroatoms. The van der Waals surface area contributed by atoms with Crippen LogP contribution in [0.5, 0.6) is 11.6 Å². The van der Waals surface area contributed by atoms with E-state index in [1.807, 2.05) is 0 Å². The molecule has 0 amide bonds. The molecule has 0 radical (unpaired) electrons. The van der Waals surface area contributed by atoms with Gasteiger partial charge in [-0.05, 0) is 6.07 Å². The number of ether oxygens (including phenoxy) is 1. The van der Waals surface area contributed by atoms with Gasteiger partial charge >= 0.3 is 6.36 Å². The lowest BCUT2D eigenvalue weighted by Gasteiger charge is -2.13. The second kappa shape index (κ2) is 5.73. The Morgan fingerprint density at radius 2 is 2.05 bits per heavy atom. The molecule has 0 unspecified atom stereocenters. The molecule has 2 rings (SSSR count). The number of para-hydroxylation sites is 1. The van der Waals surface area contributed by atoms with Gasteiger partial charge in [0.2, 0.25) is 5.88 Å². The molecule has 0 aliphatic heterocycles. The molecule has 0 saturated heterocycles. The van der Waals surface area contributed by atoms with Gasteiger partial charge in [-0.25, -0.2) is 4.98 Å². The van der Waals surface area contributed by atoms with Crippen LogP contribution in [0.25, 0.3) is 0 Å². The molecule has 1 aromatic heterocycles. The standard InChI is InChI=1S/C12H10F3N3O3/c13-12(14,15)21-8-4-2-1-3-7(8)5-16-9-10(19)17-6-18-11(9)20/h1-4,6,16H,5H2,(H2,17,18,19,20). The summed E-state index contributed by atoms with van der Waals surface area (Å²) in [6, 6.07) is 5.46. The van der Waals surface area contributed by atoms with Crippen molar-refractivity contribution in [3.8, 4) is 11.6 Å². The normalized spacial score (nSPS) is 11.2. The summed E-state index contributed by atoms with van der Waals surface area (Å²) in [5, 5.41) is 11.9. The van der Waals surface area contributed by atoms with E-state index in [1.54, 1.807) is 0 Å². The number of hydrogen-bond donors (Lipinski definition) is 3. The zero-order chi connectivity index (χ0) is 15.5. The fraction of sp³-hybridized carbons (Fsp3) is 0.167. The second-order valence-corrected chi connectivity index (χ2v) is 3.94. The molecule has 112 valence electrons. The quantitative estimate of drug-likeness (QED) is 0.804. The number of H-pyrrole nitrogens is 1. The molecule has 0 fully saturated rings. The van der Waals surface area contributed by atoms with Crippen LogP contribution in [0.15, 0.2) is 35.4 Å². The lowest BCUT2D eigenvalue weighted by atomic mass is 10.2. The number of nitrogens with one attached hydrogen (secondary N) is 2. The lowest BCUT2D eigenvalue weighted by Crippen LogP contribution is -2.19. The fourth-order valence-corrected chi connectivity index (χ4v) is 1.61. The highest BCUT2D eigenvalue weighted by molar-refractivity contribution is 5.50. The number of aromatic nitrogens is 2. The maximum atomic E-state index is 12.3. The number of rotatable bonds is 4. The van der Waals surface area contributed by atoms with E-state index < -0.39 is 23.6 Å². The molecule has 1 aromatic carbocycles. The maximum absolute atomic E-state index is 12.3. The van der Waals surface area contributed by atoms with Gasteiger partial charge in [0.1, 0.15) is 5.75 Å². The minimum absolute atomic E-state index is 0.158. The first kappa shape index (κ1) is 14.7. The van der Waals surface area contributed by atoms with Crippen LogP contribution in [0.4, 0.5) is 18.9 Å². The Morgan fingerprint density at radius 3 is 2.71 bits per heavy atom. The number of anilines is 1. The van der Waals surface area contributed by atoms with Gasteiger partial charge in [-0.1, -0.05) is 18.2 Å². The minimum atomic E-state index is -4.82. The zero-order valence-electron chi connectivity index (χ0n) is 10.4. The summed E-state index contributed by atoms with van der Waals surface area (Å²) in [5.74, 6) is -0.940. The van der Waals surface area contributed by atoms with E-state index in [4.69, 9.17) is 0 Å². The number of nitrogens with zero attached hydrogens (tertiary/aromatic N) is 1. The number of alkyl halides is 3. The van der Waals surface area contributed by atoms with Gasteiger partial charge in [0, 0.05) is 12.1 Å². The smallest absolute Gasteiger partial charge is 0.492 e. The van der Waals surface area contributed by atoms with Crippen LogP contribution in [-0.4, -0.2) is 21.4 Å². The Labute approximate surface area is 116 Å². The van der Waals surface area contributed by atoms with Gasteiger partial charge in [-0.3, -0.25) is 4.79 Å². The van der Waals surface area contributed by atoms with Crippen molar-refractivity contribution in [2.75, 3.05) is 5.32 Å². The fourth-order valence-electron chi connectivity index (χ4n) is 1.61. The summed E-state index contributed by atoms with van der Waals surface area (Å²) in [6.45, 7) is -0.158. The molecule has 1 heterocycles. The predicted octanol–water partition coefficient (Wildman–Crippen LogP) is 1.99. The highest BCUT2D eigenvalue weighted by atomic mass is 19.4. The molecule has 3 N–H and O–H groups in total. The number of benzene rings is 1. The molecule has 0 bridgehead atoms. The van der Waals surface area contributed by atoms with Crippen molar-refractivity contribution >= 4 is 5.69 Å². The van der Waals surface area contributed by atoms with Crippen LogP contribution in [0.1, 0.15) is 5.56 Å². The summed E-state index contributed by atoms with van der Waals surface area (Å²) < 4.78 is 40.7. The zero-order valence-corrected chi connectivity index (χ0v) is 10.4. The van der Waals surface area contributed by atoms with Crippen molar-refractivity contribution in [2.24, 2.45) is 0 Å². The first-order chi connectivity index (χ1) is 9.87. The molecule has 0 spiro atoms. The Bertz CT molecular complexity index is 685. The first-order valence-electron chi connectivity index (χ1n) is 5.71. The molecule has 0 aliphatic rings. The van der Waals surface area contributed by atoms with Crippen molar-refractivity contribution in [3.63, 3.8) is 0 Å². The van der Waals surface area contributed by atoms with Crippen LogP contribution < -0.4 is 15.6 Å². The van der Waals surface area contributed by atoms with Crippen LogP contribution in [0.3, 0.4) is 0 Å². The topological polar surface area (TPSA) is 87.2 Å². The molecule has 21 heavy (non-hydrogen) atoms. The van der Waals surface area contributed by atoms with Crippen LogP contribution in [-0.2, 0) is 6.54 Å². The van der Waals surface area contributed by atoms with Crippen molar-refractivity contribution < 1.29 is 23.0 Å². The number of hydrogen-bond acceptors (Lipinski definition) is 5. The van der Waals surface area contributed by atoms with Crippen molar-refractivity contribution in [3.05, 3.63) is 46.5 Å². The molecular formula is C12H10F3N3O3. The molecule has 0 aliphatic carbocycles. The molecule has 0 atom stereocenters. The van der Waals surface area contributed by atoms with E-state index in [-0.39, 0.29) is 17.8 Å². The third kappa shape index (κ3) is 3.88. The molecule has 6 nitrogen and oxygen atoms in total. The van der Waals surface area contributed by atoms with Crippen molar-refractivity contribution in [1.29, 1.82) is 0 Å². The molecule has 2 aromatic rings. The molecule has 0 saturated carbocycles. The summed E-state index contributed by atoms with van der Waals surface area (Å²) in [7, 11) is 0. The van der Waals surface area contributed by atoms with Crippen LogP contribution in [0, 0.1) is 0 Å². The maximum Gasteiger partial charge on any atom is 0.573 e. The summed E-state index contributed by atoms with van der Waals surface area (Å²) in [4.78, 5) is 17.1. The van der Waals surface area contributed by atoms with Gasteiger partial charge in [0.05, 0.1) is 6.33 Å². The van der Waals surface area contributed by atoms with Crippen LogP contribution in [0.2, 0.25) is 0 Å². The van der Waals surface area contributed by atoms with Crippen molar-refractivity contribution in [1.82, 2.24) is 9.97 Å². The summed E-state index contributed by atoms with van der Waals surface area (Å²) in [6.07, 6.45) is -3.81. The third-order valence-electron chi connectivity index (χ3n) is 2.49. The Balaban J connectivity index is 2.19.